The van der Waals surface area contributed by atoms with Gasteiger partial charge in [-0.2, -0.15) is 0 Å². The van der Waals surface area contributed by atoms with Crippen molar-refractivity contribution in [3.8, 4) is 0 Å². The first-order valence-electron chi connectivity index (χ1n) is 17.5. The van der Waals surface area contributed by atoms with Crippen molar-refractivity contribution >= 4 is 13.8 Å². The molecule has 2 atom stereocenters. The van der Waals surface area contributed by atoms with Gasteiger partial charge in [0, 0.05) is 13.0 Å². The highest BCUT2D eigenvalue weighted by Crippen LogP contribution is 2.38. The topological polar surface area (TPSA) is 94.1 Å². The van der Waals surface area contributed by atoms with Crippen LogP contribution in [0.4, 0.5) is 0 Å². The quantitative estimate of drug-likeness (QED) is 0.0240. The van der Waals surface area contributed by atoms with Crippen molar-refractivity contribution in [1.29, 1.82) is 0 Å². The molecule has 0 aromatic heterocycles. The van der Waals surface area contributed by atoms with E-state index in [9.17, 15) is 14.3 Å². The molecule has 0 fully saturated rings. The summed E-state index contributed by atoms with van der Waals surface area (Å²) >= 11 is 0. The Hall–Kier alpha value is -1.80. The van der Waals surface area contributed by atoms with Crippen molar-refractivity contribution in [1.82, 2.24) is 0 Å². The molecule has 0 aliphatic heterocycles. The normalized spacial score (nSPS) is 14.8. The summed E-state index contributed by atoms with van der Waals surface area (Å²) in [6.45, 7) is 5.08. The lowest BCUT2D eigenvalue weighted by Gasteiger charge is -2.28. The summed E-state index contributed by atoms with van der Waals surface area (Å²) in [4.78, 5) is 24.7. The third-order valence-corrected chi connectivity index (χ3v) is 7.80. The standard InChI is InChI=1S/C37H66NO7P/c1-6-8-10-12-14-15-16-17-18-19-20-21-22-23-24-25-27-29-32-42-34-36(45-37(39)30-28-26-13-11-9-7-2)35-44-46(40,41)43-33-31-38(3,4)5/h8,10,14-15,17-18,20-21,23-24,36H,6-7,9,11-13,16,19,22,25-35H2,1-5H3/b10-8-,15-14-,18-17-,21-20-,24-23-. The molecule has 0 aliphatic carbocycles. The van der Waals surface area contributed by atoms with E-state index in [1.165, 1.54) is 19.3 Å². The van der Waals surface area contributed by atoms with Crippen LogP contribution in [0.25, 0.3) is 0 Å². The van der Waals surface area contributed by atoms with Crippen LogP contribution in [0.15, 0.2) is 60.8 Å². The number of quaternary nitrogens is 1. The van der Waals surface area contributed by atoms with Gasteiger partial charge in [0.05, 0.1) is 34.4 Å². The van der Waals surface area contributed by atoms with Gasteiger partial charge in [-0.05, 0) is 57.8 Å². The largest absolute Gasteiger partial charge is 0.756 e. The van der Waals surface area contributed by atoms with E-state index in [1.54, 1.807) is 0 Å². The van der Waals surface area contributed by atoms with Crippen LogP contribution in [0.5, 0.6) is 0 Å². The molecule has 0 bridgehead atoms. The van der Waals surface area contributed by atoms with Crippen molar-refractivity contribution < 1.29 is 37.3 Å². The number of likely N-dealkylation sites (N-methyl/N-ethyl adjacent to an activating group) is 1. The Balaban J connectivity index is 4.33. The first-order chi connectivity index (χ1) is 22.1. The van der Waals surface area contributed by atoms with Crippen LogP contribution in [0, 0.1) is 0 Å². The Labute approximate surface area is 281 Å². The van der Waals surface area contributed by atoms with Gasteiger partial charge in [-0.25, -0.2) is 0 Å². The van der Waals surface area contributed by atoms with Crippen molar-refractivity contribution in [2.24, 2.45) is 0 Å². The Morgan fingerprint density at radius 2 is 1.26 bits per heavy atom. The Morgan fingerprint density at radius 3 is 1.85 bits per heavy atom. The highest BCUT2D eigenvalue weighted by atomic mass is 31.2. The highest BCUT2D eigenvalue weighted by molar-refractivity contribution is 7.45. The summed E-state index contributed by atoms with van der Waals surface area (Å²) in [6, 6.07) is 0. The summed E-state index contributed by atoms with van der Waals surface area (Å²) < 4.78 is 34.1. The Kier molecular flexibility index (Phi) is 29.3. The molecule has 46 heavy (non-hydrogen) atoms. The van der Waals surface area contributed by atoms with E-state index in [1.807, 2.05) is 21.1 Å². The van der Waals surface area contributed by atoms with Crippen LogP contribution in [0.1, 0.15) is 110 Å². The zero-order chi connectivity index (χ0) is 34.2. The molecule has 8 nitrogen and oxygen atoms in total. The van der Waals surface area contributed by atoms with Crippen LogP contribution in [-0.4, -0.2) is 70.7 Å². The fourth-order valence-electron chi connectivity index (χ4n) is 4.10. The molecular formula is C37H66NO7P. The van der Waals surface area contributed by atoms with Crippen molar-refractivity contribution in [2.75, 3.05) is 54.1 Å². The molecule has 0 saturated heterocycles. The molecule has 0 N–H and O–H groups in total. The second kappa shape index (κ2) is 30.5. The lowest BCUT2D eigenvalue weighted by molar-refractivity contribution is -0.870. The van der Waals surface area contributed by atoms with Crippen molar-refractivity contribution in [3.63, 3.8) is 0 Å². The van der Waals surface area contributed by atoms with E-state index in [4.69, 9.17) is 18.5 Å². The fourth-order valence-corrected chi connectivity index (χ4v) is 4.83. The summed E-state index contributed by atoms with van der Waals surface area (Å²) in [5, 5.41) is 0. The number of rotatable bonds is 31. The minimum Gasteiger partial charge on any atom is -0.756 e. The van der Waals surface area contributed by atoms with Gasteiger partial charge in [-0.1, -0.05) is 107 Å². The molecule has 0 amide bonds. The number of unbranched alkanes of at least 4 members (excludes halogenated alkanes) is 7. The molecule has 0 rings (SSSR count). The molecule has 266 valence electrons. The van der Waals surface area contributed by atoms with Gasteiger partial charge in [0.25, 0.3) is 7.82 Å². The van der Waals surface area contributed by atoms with Gasteiger partial charge in [0.15, 0.2) is 0 Å². The van der Waals surface area contributed by atoms with E-state index >= 15 is 0 Å². The summed E-state index contributed by atoms with van der Waals surface area (Å²) in [5.74, 6) is -0.363. The third-order valence-electron chi connectivity index (χ3n) is 6.83. The number of allylic oxidation sites excluding steroid dienone is 10. The molecule has 9 heteroatoms. The average Bonchev–Trinajstić information content (AvgIpc) is 2.99. The summed E-state index contributed by atoms with van der Waals surface area (Å²) in [5.41, 5.74) is 0. The van der Waals surface area contributed by atoms with E-state index in [0.29, 0.717) is 24.1 Å². The zero-order valence-corrected chi connectivity index (χ0v) is 30.6. The maximum absolute atomic E-state index is 12.4. The molecule has 0 aromatic rings. The lowest BCUT2D eigenvalue weighted by Crippen LogP contribution is -2.37. The summed E-state index contributed by atoms with van der Waals surface area (Å²) in [6.07, 6.45) is 35.5. The molecule has 2 unspecified atom stereocenters. The van der Waals surface area contributed by atoms with E-state index in [0.717, 1.165) is 70.6 Å². The third kappa shape index (κ3) is 33.6. The monoisotopic (exact) mass is 667 g/mol. The number of hydrogen-bond acceptors (Lipinski definition) is 7. The number of ether oxygens (including phenoxy) is 2. The average molecular weight is 668 g/mol. The second-order valence-corrected chi connectivity index (χ2v) is 13.9. The molecule has 0 radical (unpaired) electrons. The highest BCUT2D eigenvalue weighted by Gasteiger charge is 2.20. The SMILES string of the molecule is CC/C=C\C/C=C\C/C=C\C/C=C\C/C=C\CCCCOCC(COP(=O)([O-])OCC[N+](C)(C)C)OC(=O)CCCCCCCC. The maximum atomic E-state index is 12.4. The molecule has 0 spiro atoms. The first kappa shape index (κ1) is 44.2. The summed E-state index contributed by atoms with van der Waals surface area (Å²) in [7, 11) is 1.31. The molecule has 0 aliphatic rings. The fraction of sp³-hybridized carbons (Fsp3) is 0.703. The molecule has 0 heterocycles. The van der Waals surface area contributed by atoms with E-state index < -0.39 is 13.9 Å². The zero-order valence-electron chi connectivity index (χ0n) is 29.7. The molecule has 0 aromatic carbocycles. The van der Waals surface area contributed by atoms with Crippen LogP contribution < -0.4 is 4.89 Å². The van der Waals surface area contributed by atoms with Gasteiger partial charge >= 0.3 is 5.97 Å². The van der Waals surface area contributed by atoms with Gasteiger partial charge < -0.3 is 27.9 Å². The van der Waals surface area contributed by atoms with Gasteiger partial charge in [0.2, 0.25) is 0 Å². The van der Waals surface area contributed by atoms with Gasteiger partial charge in [-0.15, -0.1) is 0 Å². The van der Waals surface area contributed by atoms with Gasteiger partial charge in [0.1, 0.15) is 19.3 Å². The van der Waals surface area contributed by atoms with Crippen LogP contribution >= 0.6 is 7.82 Å². The number of hydrogen-bond donors (Lipinski definition) is 0. The van der Waals surface area contributed by atoms with Crippen LogP contribution in [0.2, 0.25) is 0 Å². The smallest absolute Gasteiger partial charge is 0.306 e. The number of nitrogens with zero attached hydrogens (tertiary/aromatic N) is 1. The van der Waals surface area contributed by atoms with E-state index in [2.05, 4.69) is 74.6 Å². The molecule has 0 saturated carbocycles. The number of carbonyl (C=O) groups excluding carboxylic acids is 1. The van der Waals surface area contributed by atoms with Crippen LogP contribution in [-0.2, 0) is 27.9 Å². The molecular weight excluding hydrogens is 601 g/mol. The van der Waals surface area contributed by atoms with E-state index in [-0.39, 0.29) is 25.8 Å². The first-order valence-corrected chi connectivity index (χ1v) is 19.0. The van der Waals surface area contributed by atoms with Crippen LogP contribution in [0.3, 0.4) is 0 Å². The predicted octanol–water partition coefficient (Wildman–Crippen LogP) is 8.79. The number of phosphoric ester groups is 1. The Bertz CT molecular complexity index is 921. The Morgan fingerprint density at radius 1 is 0.696 bits per heavy atom. The number of phosphoric acid groups is 1. The lowest BCUT2D eigenvalue weighted by atomic mass is 10.1. The predicted molar refractivity (Wildman–Crippen MR) is 189 cm³/mol. The number of carbonyl (C=O) groups is 1. The van der Waals surface area contributed by atoms with Crippen molar-refractivity contribution in [2.45, 2.75) is 116 Å². The minimum absolute atomic E-state index is 0.0150. The maximum Gasteiger partial charge on any atom is 0.306 e. The second-order valence-electron chi connectivity index (χ2n) is 12.5. The minimum atomic E-state index is -4.52. The van der Waals surface area contributed by atoms with Gasteiger partial charge in [-0.3, -0.25) is 9.36 Å². The van der Waals surface area contributed by atoms with Crippen molar-refractivity contribution in [3.05, 3.63) is 60.8 Å². The number of esters is 1.